The lowest BCUT2D eigenvalue weighted by atomic mass is 10.0. The largest absolute Gasteiger partial charge is 0.494 e. The van der Waals surface area contributed by atoms with Crippen molar-refractivity contribution >= 4 is 5.97 Å². The van der Waals surface area contributed by atoms with Gasteiger partial charge in [-0.2, -0.15) is 0 Å². The lowest BCUT2D eigenvalue weighted by Gasteiger charge is -2.13. The molecule has 2 rings (SSSR count). The maximum atomic E-state index is 11.1. The van der Waals surface area contributed by atoms with E-state index in [9.17, 15) is 4.79 Å². The summed E-state index contributed by atoms with van der Waals surface area (Å²) in [6, 6.07) is 7.51. The molecule has 0 saturated carbocycles. The van der Waals surface area contributed by atoms with Crippen LogP contribution in [0.15, 0.2) is 24.3 Å². The number of benzene rings is 1. The van der Waals surface area contributed by atoms with Crippen molar-refractivity contribution in [3.8, 4) is 17.0 Å². The summed E-state index contributed by atoms with van der Waals surface area (Å²) >= 11 is 0. The van der Waals surface area contributed by atoms with Gasteiger partial charge in [0.2, 0.25) is 0 Å². The molecule has 20 heavy (non-hydrogen) atoms. The van der Waals surface area contributed by atoms with Gasteiger partial charge in [0.1, 0.15) is 11.4 Å². The van der Waals surface area contributed by atoms with Gasteiger partial charge >= 0.3 is 5.97 Å². The van der Waals surface area contributed by atoms with E-state index in [4.69, 9.17) is 9.84 Å². The highest BCUT2D eigenvalue weighted by molar-refractivity contribution is 5.87. The molecule has 0 bridgehead atoms. The van der Waals surface area contributed by atoms with Crippen molar-refractivity contribution in [1.29, 1.82) is 0 Å². The first kappa shape index (κ1) is 14.2. The molecule has 1 aromatic heterocycles. The molecule has 0 atom stereocenters. The minimum absolute atomic E-state index is 0.283. The molecule has 1 heterocycles. The van der Waals surface area contributed by atoms with Gasteiger partial charge in [-0.3, -0.25) is 0 Å². The smallest absolute Gasteiger partial charge is 0.352 e. The highest BCUT2D eigenvalue weighted by Crippen LogP contribution is 2.31. The van der Waals surface area contributed by atoms with Gasteiger partial charge in [0.15, 0.2) is 0 Å². The number of nitrogens with zero attached hydrogens (tertiary/aromatic N) is 1. The van der Waals surface area contributed by atoms with E-state index in [0.717, 1.165) is 28.1 Å². The zero-order chi connectivity index (χ0) is 14.9. The van der Waals surface area contributed by atoms with E-state index < -0.39 is 5.97 Å². The predicted octanol–water partition coefficient (Wildman–Crippen LogP) is 3.41. The van der Waals surface area contributed by atoms with Crippen LogP contribution in [0.2, 0.25) is 0 Å². The fraction of sp³-hybridized carbons (Fsp3) is 0.312. The molecule has 4 heteroatoms. The van der Waals surface area contributed by atoms with Crippen LogP contribution in [0.25, 0.3) is 11.3 Å². The minimum atomic E-state index is -0.918. The van der Waals surface area contributed by atoms with Gasteiger partial charge < -0.3 is 14.4 Å². The predicted molar refractivity (Wildman–Crippen MR) is 78.5 cm³/mol. The summed E-state index contributed by atoms with van der Waals surface area (Å²) < 4.78 is 7.28. The van der Waals surface area contributed by atoms with Crippen LogP contribution < -0.4 is 4.74 Å². The van der Waals surface area contributed by atoms with E-state index in [2.05, 4.69) is 0 Å². The van der Waals surface area contributed by atoms with Gasteiger partial charge in [0, 0.05) is 18.3 Å². The number of hydrogen-bond acceptors (Lipinski definition) is 2. The second kappa shape index (κ2) is 5.41. The summed E-state index contributed by atoms with van der Waals surface area (Å²) in [7, 11) is 1.77. The third-order valence-electron chi connectivity index (χ3n) is 3.44. The molecule has 0 aliphatic rings. The molecule has 0 aliphatic carbocycles. The lowest BCUT2D eigenvalue weighted by Crippen LogP contribution is -2.05. The third-order valence-corrected chi connectivity index (χ3v) is 3.44. The summed E-state index contributed by atoms with van der Waals surface area (Å²) in [4.78, 5) is 11.1. The Bertz CT molecular complexity index is 656. The van der Waals surface area contributed by atoms with Crippen molar-refractivity contribution in [3.63, 3.8) is 0 Å². The average Bonchev–Trinajstić information content (AvgIpc) is 2.76. The molecule has 0 aliphatic heterocycles. The van der Waals surface area contributed by atoms with E-state index in [1.807, 2.05) is 39.0 Å². The van der Waals surface area contributed by atoms with Crippen molar-refractivity contribution in [2.45, 2.75) is 20.8 Å². The number of aromatic nitrogens is 1. The third kappa shape index (κ3) is 2.41. The Morgan fingerprint density at radius 3 is 2.50 bits per heavy atom. The second-order valence-electron chi connectivity index (χ2n) is 4.83. The number of aryl methyl sites for hydroxylation is 2. The van der Waals surface area contributed by atoms with Gasteiger partial charge in [0.25, 0.3) is 0 Å². The Morgan fingerprint density at radius 2 is 1.95 bits per heavy atom. The zero-order valence-electron chi connectivity index (χ0n) is 12.2. The molecular weight excluding hydrogens is 254 g/mol. The number of carboxylic acids is 1. The van der Waals surface area contributed by atoms with Gasteiger partial charge in [-0.25, -0.2) is 4.79 Å². The molecule has 0 amide bonds. The van der Waals surface area contributed by atoms with Crippen molar-refractivity contribution < 1.29 is 14.6 Å². The van der Waals surface area contributed by atoms with E-state index in [-0.39, 0.29) is 5.69 Å². The monoisotopic (exact) mass is 273 g/mol. The van der Waals surface area contributed by atoms with Gasteiger partial charge in [-0.05, 0) is 56.2 Å². The van der Waals surface area contributed by atoms with Crippen molar-refractivity contribution in [2.24, 2.45) is 7.05 Å². The summed E-state index contributed by atoms with van der Waals surface area (Å²) in [5.41, 5.74) is 4.32. The molecule has 4 nitrogen and oxygen atoms in total. The number of rotatable bonds is 4. The minimum Gasteiger partial charge on any atom is -0.494 e. The van der Waals surface area contributed by atoms with Gasteiger partial charge in [-0.1, -0.05) is 0 Å². The van der Waals surface area contributed by atoms with E-state index in [0.29, 0.717) is 6.61 Å². The number of carboxylic acid groups (broad SMARTS) is 1. The average molecular weight is 273 g/mol. The van der Waals surface area contributed by atoms with Crippen LogP contribution in [0.3, 0.4) is 0 Å². The SMILES string of the molecule is CCOc1cc(C)c(-c2ccc(C(=O)O)n2C)cc1C. The first-order valence-electron chi connectivity index (χ1n) is 6.59. The molecule has 0 radical (unpaired) electrons. The highest BCUT2D eigenvalue weighted by atomic mass is 16.5. The van der Waals surface area contributed by atoms with E-state index >= 15 is 0 Å². The molecule has 106 valence electrons. The quantitative estimate of drug-likeness (QED) is 0.928. The summed E-state index contributed by atoms with van der Waals surface area (Å²) in [6.07, 6.45) is 0. The van der Waals surface area contributed by atoms with Crippen molar-refractivity contribution in [1.82, 2.24) is 4.57 Å². The van der Waals surface area contributed by atoms with E-state index in [1.54, 1.807) is 17.7 Å². The van der Waals surface area contributed by atoms with Crippen LogP contribution in [-0.2, 0) is 7.05 Å². The molecule has 0 unspecified atom stereocenters. The Balaban J connectivity index is 2.53. The lowest BCUT2D eigenvalue weighted by molar-refractivity contribution is 0.0686. The summed E-state index contributed by atoms with van der Waals surface area (Å²) in [5.74, 6) is -0.0412. The summed E-state index contributed by atoms with van der Waals surface area (Å²) in [6.45, 7) is 6.59. The fourth-order valence-electron chi connectivity index (χ4n) is 2.37. The Labute approximate surface area is 118 Å². The summed E-state index contributed by atoms with van der Waals surface area (Å²) in [5, 5.41) is 9.12. The first-order chi connectivity index (χ1) is 9.45. The Hall–Kier alpha value is -2.23. The molecular formula is C16H19NO3. The van der Waals surface area contributed by atoms with Crippen molar-refractivity contribution in [3.05, 3.63) is 41.1 Å². The Morgan fingerprint density at radius 1 is 1.25 bits per heavy atom. The maximum absolute atomic E-state index is 11.1. The second-order valence-corrected chi connectivity index (χ2v) is 4.83. The van der Waals surface area contributed by atoms with Crippen LogP contribution in [0.4, 0.5) is 0 Å². The zero-order valence-corrected chi connectivity index (χ0v) is 12.2. The maximum Gasteiger partial charge on any atom is 0.352 e. The topological polar surface area (TPSA) is 51.5 Å². The van der Waals surface area contributed by atoms with Crippen LogP contribution in [-0.4, -0.2) is 22.2 Å². The molecule has 0 spiro atoms. The first-order valence-corrected chi connectivity index (χ1v) is 6.59. The fourth-order valence-corrected chi connectivity index (χ4v) is 2.37. The molecule has 0 saturated heterocycles. The Kier molecular flexibility index (Phi) is 3.84. The number of carbonyl (C=O) groups is 1. The van der Waals surface area contributed by atoms with Crippen LogP contribution in [0.1, 0.15) is 28.5 Å². The van der Waals surface area contributed by atoms with Crippen LogP contribution in [0, 0.1) is 13.8 Å². The van der Waals surface area contributed by atoms with Gasteiger partial charge in [0.05, 0.1) is 6.61 Å². The number of ether oxygens (including phenoxy) is 1. The molecule has 1 aromatic carbocycles. The van der Waals surface area contributed by atoms with Crippen molar-refractivity contribution in [2.75, 3.05) is 6.61 Å². The van der Waals surface area contributed by atoms with Crippen LogP contribution >= 0.6 is 0 Å². The molecule has 2 aromatic rings. The van der Waals surface area contributed by atoms with Crippen LogP contribution in [0.5, 0.6) is 5.75 Å². The van der Waals surface area contributed by atoms with E-state index in [1.165, 1.54) is 0 Å². The number of hydrogen-bond donors (Lipinski definition) is 1. The molecule has 0 fully saturated rings. The highest BCUT2D eigenvalue weighted by Gasteiger charge is 2.15. The molecule has 1 N–H and O–H groups in total. The normalized spacial score (nSPS) is 10.6. The standard InChI is InChI=1S/C16H19NO3/c1-5-20-15-9-10(2)12(8-11(15)3)13-6-7-14(16(18)19)17(13)4/h6-9H,5H2,1-4H3,(H,18,19). The number of aromatic carboxylic acids is 1. The van der Waals surface area contributed by atoms with Gasteiger partial charge in [-0.15, -0.1) is 0 Å².